The number of aromatic nitrogens is 1. The van der Waals surface area contributed by atoms with Gasteiger partial charge < -0.3 is 15.5 Å². The minimum absolute atomic E-state index is 0.339. The van der Waals surface area contributed by atoms with E-state index in [1.807, 2.05) is 18.2 Å². The second kappa shape index (κ2) is 6.49. The quantitative estimate of drug-likeness (QED) is 0.550. The summed E-state index contributed by atoms with van der Waals surface area (Å²) in [6, 6.07) is 7.07. The molecular formula is C12H11BrCl2N4O. The highest BCUT2D eigenvalue weighted by Gasteiger charge is 2.10. The molecule has 1 heterocycles. The lowest BCUT2D eigenvalue weighted by Crippen LogP contribution is -2.10. The summed E-state index contributed by atoms with van der Waals surface area (Å²) in [7, 11) is 1.60. The van der Waals surface area contributed by atoms with Gasteiger partial charge in [0.05, 0.1) is 21.6 Å². The Labute approximate surface area is 134 Å². The highest BCUT2D eigenvalue weighted by atomic mass is 79.9. The Kier molecular flexibility index (Phi) is 4.93. The van der Waals surface area contributed by atoms with E-state index in [0.717, 1.165) is 15.9 Å². The third-order valence-electron chi connectivity index (χ3n) is 2.48. The number of nitrogens with two attached hydrogens (primary N) is 1. The van der Waals surface area contributed by atoms with E-state index in [2.05, 4.69) is 31.7 Å². The van der Waals surface area contributed by atoms with Crippen LogP contribution in [0.25, 0.3) is 0 Å². The van der Waals surface area contributed by atoms with Crippen LogP contribution in [0, 0.1) is 0 Å². The summed E-state index contributed by atoms with van der Waals surface area (Å²) in [5.74, 6) is 6.85. The Balaban J connectivity index is 2.32. The molecule has 4 N–H and O–H groups in total. The molecule has 1 aromatic heterocycles. The van der Waals surface area contributed by atoms with Gasteiger partial charge in [0.25, 0.3) is 0 Å². The van der Waals surface area contributed by atoms with Crippen molar-refractivity contribution in [3.8, 4) is 5.75 Å². The second-order valence-electron chi connectivity index (χ2n) is 3.77. The molecule has 0 amide bonds. The van der Waals surface area contributed by atoms with Crippen LogP contribution in [0.3, 0.4) is 0 Å². The van der Waals surface area contributed by atoms with Crippen molar-refractivity contribution in [3.05, 3.63) is 38.8 Å². The molecule has 0 bridgehead atoms. The molecular weight excluding hydrogens is 367 g/mol. The van der Waals surface area contributed by atoms with Crippen LogP contribution in [-0.4, -0.2) is 12.1 Å². The van der Waals surface area contributed by atoms with Gasteiger partial charge in [0, 0.05) is 5.69 Å². The Hall–Kier alpha value is -1.21. The number of benzene rings is 1. The summed E-state index contributed by atoms with van der Waals surface area (Å²) in [6.07, 6.45) is 0. The van der Waals surface area contributed by atoms with E-state index in [0.29, 0.717) is 21.7 Å². The minimum atomic E-state index is 0.339. The molecule has 0 aliphatic carbocycles. The fourth-order valence-electron chi connectivity index (χ4n) is 1.54. The van der Waals surface area contributed by atoms with E-state index in [1.54, 1.807) is 13.2 Å². The number of hydrazine groups is 1. The molecule has 2 rings (SSSR count). The lowest BCUT2D eigenvalue weighted by molar-refractivity contribution is 0.412. The van der Waals surface area contributed by atoms with Crippen LogP contribution in [0.5, 0.6) is 5.75 Å². The van der Waals surface area contributed by atoms with Gasteiger partial charge in [-0.15, -0.1) is 0 Å². The van der Waals surface area contributed by atoms with E-state index in [4.69, 9.17) is 33.8 Å². The summed E-state index contributed by atoms with van der Waals surface area (Å²) in [5.41, 5.74) is 3.20. The van der Waals surface area contributed by atoms with E-state index in [1.165, 1.54) is 0 Å². The molecule has 2 aromatic rings. The highest BCUT2D eigenvalue weighted by molar-refractivity contribution is 9.10. The standard InChI is InChI=1S/C12H11BrCl2N4O/c1-20-10-3-2-6(4-7(10)13)17-11-8(14)5-9(15)12(18-11)19-16/h2-5H,16H2,1H3,(H2,17,18,19). The van der Waals surface area contributed by atoms with E-state index < -0.39 is 0 Å². The van der Waals surface area contributed by atoms with Crippen molar-refractivity contribution in [2.45, 2.75) is 0 Å². The van der Waals surface area contributed by atoms with Crippen LogP contribution in [-0.2, 0) is 0 Å². The normalized spacial score (nSPS) is 10.2. The van der Waals surface area contributed by atoms with Crippen molar-refractivity contribution in [3.63, 3.8) is 0 Å². The minimum Gasteiger partial charge on any atom is -0.496 e. The molecule has 5 nitrogen and oxygen atoms in total. The van der Waals surface area contributed by atoms with Crippen LogP contribution in [0.4, 0.5) is 17.3 Å². The van der Waals surface area contributed by atoms with Gasteiger partial charge in [0.2, 0.25) is 0 Å². The van der Waals surface area contributed by atoms with E-state index >= 15 is 0 Å². The maximum Gasteiger partial charge on any atom is 0.161 e. The predicted molar refractivity (Wildman–Crippen MR) is 86.0 cm³/mol. The van der Waals surface area contributed by atoms with Gasteiger partial charge in [-0.25, -0.2) is 10.8 Å². The third kappa shape index (κ3) is 3.27. The van der Waals surface area contributed by atoms with E-state index in [-0.39, 0.29) is 0 Å². The second-order valence-corrected chi connectivity index (χ2v) is 5.44. The van der Waals surface area contributed by atoms with Gasteiger partial charge in [0.15, 0.2) is 11.6 Å². The molecule has 106 valence electrons. The first-order valence-corrected chi connectivity index (χ1v) is 7.03. The van der Waals surface area contributed by atoms with Crippen molar-refractivity contribution < 1.29 is 4.74 Å². The van der Waals surface area contributed by atoms with Crippen LogP contribution in [0.1, 0.15) is 0 Å². The number of hydrogen-bond acceptors (Lipinski definition) is 5. The number of nitrogens with one attached hydrogen (secondary N) is 2. The predicted octanol–water partition coefficient (Wildman–Crippen LogP) is 4.19. The molecule has 0 unspecified atom stereocenters. The van der Waals surface area contributed by atoms with Crippen LogP contribution < -0.4 is 21.3 Å². The lowest BCUT2D eigenvalue weighted by atomic mass is 10.3. The average Bonchev–Trinajstić information content (AvgIpc) is 2.42. The number of anilines is 3. The molecule has 0 atom stereocenters. The SMILES string of the molecule is COc1ccc(Nc2nc(NN)c(Cl)cc2Cl)cc1Br. The van der Waals surface area contributed by atoms with Crippen molar-refractivity contribution >= 4 is 56.5 Å². The summed E-state index contributed by atoms with van der Waals surface area (Å²) >= 11 is 15.4. The number of rotatable bonds is 4. The number of nitrogens with zero attached hydrogens (tertiary/aromatic N) is 1. The number of ether oxygens (including phenoxy) is 1. The molecule has 8 heteroatoms. The Morgan fingerprint density at radius 3 is 2.50 bits per heavy atom. The van der Waals surface area contributed by atoms with Gasteiger partial charge in [-0.3, -0.25) is 0 Å². The zero-order valence-corrected chi connectivity index (χ0v) is 13.5. The number of halogens is 3. The number of methoxy groups -OCH3 is 1. The number of nitrogen functional groups attached to an aromatic ring is 1. The van der Waals surface area contributed by atoms with Gasteiger partial charge in [-0.1, -0.05) is 23.2 Å². The molecule has 0 saturated carbocycles. The zero-order valence-electron chi connectivity index (χ0n) is 10.4. The monoisotopic (exact) mass is 376 g/mol. The largest absolute Gasteiger partial charge is 0.496 e. The summed E-state index contributed by atoms with van der Waals surface area (Å²) in [5, 5.41) is 3.82. The fourth-order valence-corrected chi connectivity index (χ4v) is 2.54. The molecule has 0 aliphatic rings. The Morgan fingerprint density at radius 2 is 1.90 bits per heavy atom. The maximum atomic E-state index is 6.09. The van der Waals surface area contributed by atoms with E-state index in [9.17, 15) is 0 Å². The van der Waals surface area contributed by atoms with Crippen molar-refractivity contribution in [1.82, 2.24) is 4.98 Å². The van der Waals surface area contributed by atoms with Crippen LogP contribution in [0.15, 0.2) is 28.7 Å². The van der Waals surface area contributed by atoms with Crippen molar-refractivity contribution in [1.29, 1.82) is 0 Å². The molecule has 1 aromatic carbocycles. The van der Waals surface area contributed by atoms with Gasteiger partial charge in [0.1, 0.15) is 5.75 Å². The molecule has 0 spiro atoms. The number of pyridine rings is 1. The third-order valence-corrected chi connectivity index (χ3v) is 3.68. The zero-order chi connectivity index (χ0) is 14.7. The van der Waals surface area contributed by atoms with Gasteiger partial charge in [-0.05, 0) is 40.2 Å². The van der Waals surface area contributed by atoms with Crippen LogP contribution >= 0.6 is 39.1 Å². The summed E-state index contributed by atoms with van der Waals surface area (Å²) in [6.45, 7) is 0. The fraction of sp³-hybridized carbons (Fsp3) is 0.0833. The van der Waals surface area contributed by atoms with Crippen molar-refractivity contribution in [2.75, 3.05) is 17.9 Å². The van der Waals surface area contributed by atoms with Crippen LogP contribution in [0.2, 0.25) is 10.0 Å². The van der Waals surface area contributed by atoms with Gasteiger partial charge >= 0.3 is 0 Å². The molecule has 0 radical (unpaired) electrons. The maximum absolute atomic E-state index is 6.09. The number of hydrogen-bond donors (Lipinski definition) is 3. The first kappa shape index (κ1) is 15.2. The average molecular weight is 378 g/mol. The summed E-state index contributed by atoms with van der Waals surface area (Å²) < 4.78 is 5.98. The summed E-state index contributed by atoms with van der Waals surface area (Å²) in [4.78, 5) is 4.20. The first-order chi connectivity index (χ1) is 9.55. The van der Waals surface area contributed by atoms with Gasteiger partial charge in [-0.2, -0.15) is 0 Å². The molecule has 0 fully saturated rings. The lowest BCUT2D eigenvalue weighted by Gasteiger charge is -2.12. The Morgan fingerprint density at radius 1 is 1.20 bits per heavy atom. The van der Waals surface area contributed by atoms with Crippen molar-refractivity contribution in [2.24, 2.45) is 5.84 Å². The molecule has 20 heavy (non-hydrogen) atoms. The first-order valence-electron chi connectivity index (χ1n) is 5.48. The topological polar surface area (TPSA) is 72.2 Å². The highest BCUT2D eigenvalue weighted by Crippen LogP contribution is 2.33. The Bertz CT molecular complexity index is 639. The molecule has 0 aliphatic heterocycles. The smallest absolute Gasteiger partial charge is 0.161 e. The molecule has 0 saturated heterocycles.